The third-order valence-corrected chi connectivity index (χ3v) is 4.79. The van der Waals surface area contributed by atoms with E-state index in [2.05, 4.69) is 20.7 Å². The van der Waals surface area contributed by atoms with E-state index in [4.69, 9.17) is 16.3 Å². The lowest BCUT2D eigenvalue weighted by molar-refractivity contribution is 0.414. The number of benzene rings is 2. The van der Waals surface area contributed by atoms with Gasteiger partial charge in [0, 0.05) is 4.47 Å². The lowest BCUT2D eigenvalue weighted by atomic mass is 10.3. The fraction of sp³-hybridized carbons (Fsp3) is 0.0769. The number of hydrogen-bond donors (Lipinski definition) is 2. The van der Waals surface area contributed by atoms with Gasteiger partial charge in [-0.25, -0.2) is 8.42 Å². The second-order valence-corrected chi connectivity index (χ2v) is 7.07. The first kappa shape index (κ1) is 15.9. The Bertz CT molecular complexity index is 780. The van der Waals surface area contributed by atoms with E-state index in [1.807, 2.05) is 0 Å². The molecule has 0 aromatic heterocycles. The summed E-state index contributed by atoms with van der Waals surface area (Å²) in [6, 6.07) is 8.54. The number of methoxy groups -OCH3 is 1. The first-order chi connectivity index (χ1) is 9.83. The van der Waals surface area contributed by atoms with Crippen LogP contribution < -0.4 is 9.46 Å². The number of phenolic OH excluding ortho intramolecular Hbond substituents is 1. The summed E-state index contributed by atoms with van der Waals surface area (Å²) in [5.74, 6) is 0.190. The Hall–Kier alpha value is -1.44. The molecule has 0 atom stereocenters. The molecule has 2 aromatic carbocycles. The number of halogens is 2. The molecule has 8 heteroatoms. The van der Waals surface area contributed by atoms with E-state index < -0.39 is 10.0 Å². The van der Waals surface area contributed by atoms with Crippen LogP contribution in [0.2, 0.25) is 5.02 Å². The van der Waals surface area contributed by atoms with Crippen molar-refractivity contribution < 1.29 is 18.3 Å². The van der Waals surface area contributed by atoms with Crippen LogP contribution in [0.1, 0.15) is 0 Å². The molecule has 0 spiro atoms. The van der Waals surface area contributed by atoms with Gasteiger partial charge in [-0.2, -0.15) is 0 Å². The quantitative estimate of drug-likeness (QED) is 0.779. The lowest BCUT2D eigenvalue weighted by Crippen LogP contribution is -2.13. The molecule has 0 saturated carbocycles. The van der Waals surface area contributed by atoms with Gasteiger partial charge in [0.2, 0.25) is 0 Å². The van der Waals surface area contributed by atoms with E-state index in [1.165, 1.54) is 37.4 Å². The fourth-order valence-electron chi connectivity index (χ4n) is 1.61. The third kappa shape index (κ3) is 3.61. The SMILES string of the molecule is COc1ccc(S(=O)(=O)Nc2ccc(Br)cc2O)cc1Cl. The van der Waals surface area contributed by atoms with Crippen LogP contribution in [-0.2, 0) is 10.0 Å². The van der Waals surface area contributed by atoms with Gasteiger partial charge in [-0.05, 0) is 36.4 Å². The summed E-state index contributed by atoms with van der Waals surface area (Å²) in [5.41, 5.74) is 0.0742. The van der Waals surface area contributed by atoms with Crippen molar-refractivity contribution >= 4 is 43.2 Å². The minimum atomic E-state index is -3.86. The molecule has 0 saturated heterocycles. The zero-order valence-electron chi connectivity index (χ0n) is 10.8. The van der Waals surface area contributed by atoms with Crippen LogP contribution in [0.5, 0.6) is 11.5 Å². The van der Waals surface area contributed by atoms with E-state index in [1.54, 1.807) is 6.07 Å². The second kappa shape index (κ2) is 6.13. The Morgan fingerprint density at radius 1 is 1.24 bits per heavy atom. The molecule has 5 nitrogen and oxygen atoms in total. The molecule has 2 rings (SSSR count). The van der Waals surface area contributed by atoms with Crippen molar-refractivity contribution in [3.63, 3.8) is 0 Å². The summed E-state index contributed by atoms with van der Waals surface area (Å²) in [5, 5.41) is 9.92. The average molecular weight is 393 g/mol. The molecule has 0 bridgehead atoms. The molecule has 2 N–H and O–H groups in total. The van der Waals surface area contributed by atoms with E-state index in [0.29, 0.717) is 10.2 Å². The number of aromatic hydroxyl groups is 1. The van der Waals surface area contributed by atoms with E-state index in [9.17, 15) is 13.5 Å². The van der Waals surface area contributed by atoms with Crippen LogP contribution in [0, 0.1) is 0 Å². The van der Waals surface area contributed by atoms with E-state index >= 15 is 0 Å². The van der Waals surface area contributed by atoms with Gasteiger partial charge in [-0.3, -0.25) is 4.72 Å². The highest BCUT2D eigenvalue weighted by Crippen LogP contribution is 2.31. The molecular weight excluding hydrogens is 382 g/mol. The summed E-state index contributed by atoms with van der Waals surface area (Å²) in [6.45, 7) is 0. The van der Waals surface area contributed by atoms with Gasteiger partial charge in [0.05, 0.1) is 22.7 Å². The highest BCUT2D eigenvalue weighted by molar-refractivity contribution is 9.10. The topological polar surface area (TPSA) is 75.6 Å². The molecule has 0 unspecified atom stereocenters. The predicted octanol–water partition coefficient (Wildman–Crippen LogP) is 3.62. The number of sulfonamides is 1. The molecule has 0 fully saturated rings. The molecule has 21 heavy (non-hydrogen) atoms. The van der Waals surface area contributed by atoms with Gasteiger partial charge in [0.25, 0.3) is 10.0 Å². The van der Waals surface area contributed by atoms with Gasteiger partial charge in [0.1, 0.15) is 11.5 Å². The van der Waals surface area contributed by atoms with Gasteiger partial charge in [0.15, 0.2) is 0 Å². The standard InChI is InChI=1S/C13H11BrClNO4S/c1-20-13-5-3-9(7-10(13)15)21(18,19)16-11-4-2-8(14)6-12(11)17/h2-7,16-17H,1H3. The Balaban J connectivity index is 2.36. The van der Waals surface area contributed by atoms with Crippen LogP contribution in [0.25, 0.3) is 0 Å². The number of hydrogen-bond acceptors (Lipinski definition) is 4. The molecule has 0 aliphatic rings. The maximum atomic E-state index is 12.3. The minimum absolute atomic E-state index is 0.0318. The summed E-state index contributed by atoms with van der Waals surface area (Å²) in [6.07, 6.45) is 0. The van der Waals surface area contributed by atoms with Gasteiger partial charge < -0.3 is 9.84 Å². The van der Waals surface area contributed by atoms with Gasteiger partial charge in [-0.15, -0.1) is 0 Å². The second-order valence-electron chi connectivity index (χ2n) is 4.06. The molecule has 0 aliphatic heterocycles. The van der Waals surface area contributed by atoms with Gasteiger partial charge >= 0.3 is 0 Å². The zero-order chi connectivity index (χ0) is 15.6. The molecule has 0 aliphatic carbocycles. The van der Waals surface area contributed by atoms with Crippen LogP contribution in [0.3, 0.4) is 0 Å². The first-order valence-electron chi connectivity index (χ1n) is 5.68. The molecule has 0 radical (unpaired) electrons. The molecule has 2 aromatic rings. The number of ether oxygens (including phenoxy) is 1. The van der Waals surface area contributed by atoms with Gasteiger partial charge in [-0.1, -0.05) is 27.5 Å². The average Bonchev–Trinajstić information content (AvgIpc) is 2.42. The highest BCUT2D eigenvalue weighted by Gasteiger charge is 2.17. The Labute approximate surface area is 135 Å². The van der Waals surface area contributed by atoms with E-state index in [-0.39, 0.29) is 21.4 Å². The Morgan fingerprint density at radius 2 is 1.95 bits per heavy atom. The Morgan fingerprint density at radius 3 is 2.52 bits per heavy atom. The van der Waals surface area contributed by atoms with Crippen molar-refractivity contribution in [3.8, 4) is 11.5 Å². The highest BCUT2D eigenvalue weighted by atomic mass is 79.9. The Kier molecular flexibility index (Phi) is 4.65. The molecule has 112 valence electrons. The van der Waals surface area contributed by atoms with Crippen LogP contribution in [0.15, 0.2) is 45.8 Å². The third-order valence-electron chi connectivity index (χ3n) is 2.64. The van der Waals surface area contributed by atoms with Crippen LogP contribution >= 0.6 is 27.5 Å². The normalized spacial score (nSPS) is 11.2. The monoisotopic (exact) mass is 391 g/mol. The summed E-state index contributed by atoms with van der Waals surface area (Å²) < 4.78 is 32.4. The van der Waals surface area contributed by atoms with Crippen molar-refractivity contribution in [1.29, 1.82) is 0 Å². The van der Waals surface area contributed by atoms with Crippen molar-refractivity contribution in [2.75, 3.05) is 11.8 Å². The number of nitrogens with one attached hydrogen (secondary N) is 1. The summed E-state index contributed by atoms with van der Waals surface area (Å²) >= 11 is 9.10. The number of rotatable bonds is 4. The lowest BCUT2D eigenvalue weighted by Gasteiger charge is -2.11. The van der Waals surface area contributed by atoms with E-state index in [0.717, 1.165) is 0 Å². The summed E-state index contributed by atoms with van der Waals surface area (Å²) in [4.78, 5) is -0.0318. The summed E-state index contributed by atoms with van der Waals surface area (Å²) in [7, 11) is -2.42. The van der Waals surface area contributed by atoms with Crippen LogP contribution in [0.4, 0.5) is 5.69 Å². The fourth-order valence-corrected chi connectivity index (χ4v) is 3.38. The predicted molar refractivity (Wildman–Crippen MR) is 84.6 cm³/mol. The maximum absolute atomic E-state index is 12.3. The minimum Gasteiger partial charge on any atom is -0.506 e. The number of phenols is 1. The largest absolute Gasteiger partial charge is 0.506 e. The first-order valence-corrected chi connectivity index (χ1v) is 8.34. The number of anilines is 1. The smallest absolute Gasteiger partial charge is 0.262 e. The molecule has 0 amide bonds. The van der Waals surface area contributed by atoms with Crippen molar-refractivity contribution in [2.45, 2.75) is 4.90 Å². The van der Waals surface area contributed by atoms with Crippen molar-refractivity contribution in [3.05, 3.63) is 45.9 Å². The van der Waals surface area contributed by atoms with Crippen molar-refractivity contribution in [2.24, 2.45) is 0 Å². The maximum Gasteiger partial charge on any atom is 0.262 e. The van der Waals surface area contributed by atoms with Crippen molar-refractivity contribution in [1.82, 2.24) is 0 Å². The zero-order valence-corrected chi connectivity index (χ0v) is 14.0. The van der Waals surface area contributed by atoms with Crippen LogP contribution in [-0.4, -0.2) is 20.6 Å². The molecular formula is C13H11BrClNO4S. The molecule has 0 heterocycles.